The lowest BCUT2D eigenvalue weighted by atomic mass is 9.87. The summed E-state index contributed by atoms with van der Waals surface area (Å²) < 4.78 is 4.76. The minimum absolute atomic E-state index is 0. The van der Waals surface area contributed by atoms with Crippen LogP contribution >= 0.6 is 12.4 Å². The van der Waals surface area contributed by atoms with Crippen LogP contribution in [-0.2, 0) is 14.3 Å². The smallest absolute Gasteiger partial charge is 0.331 e. The molecule has 6 heteroatoms. The molecule has 5 nitrogen and oxygen atoms in total. The summed E-state index contributed by atoms with van der Waals surface area (Å²) in [5.74, 6) is -1.16. The Hall–Kier alpha value is -0.650. The molecule has 1 aliphatic heterocycles. The molecule has 0 bridgehead atoms. The third-order valence-corrected chi connectivity index (χ3v) is 2.73. The highest BCUT2D eigenvalue weighted by molar-refractivity contribution is 5.91. The number of hydrogen-bond donors (Lipinski definition) is 2. The molecule has 0 saturated carbocycles. The highest BCUT2D eigenvalue weighted by Gasteiger charge is 2.33. The molecule has 3 N–H and O–H groups in total. The Morgan fingerprint density at radius 1 is 1.41 bits per heavy atom. The van der Waals surface area contributed by atoms with Crippen molar-refractivity contribution in [1.82, 2.24) is 5.32 Å². The lowest BCUT2D eigenvalue weighted by Crippen LogP contribution is -2.46. The van der Waals surface area contributed by atoms with Gasteiger partial charge in [-0.25, -0.2) is 9.59 Å². The summed E-state index contributed by atoms with van der Waals surface area (Å²) in [7, 11) is 0. The standard InChI is InChI=1S/C11H20N2O3.ClH/c1-11(2,3)8(12)10(15)16-9(14)7-5-4-6-13-7;/h7-8,13H,4-6,12H2,1-3H3;1H/t7?,8-;/m1./s1. The van der Waals surface area contributed by atoms with Gasteiger partial charge in [0, 0.05) is 0 Å². The van der Waals surface area contributed by atoms with Crippen molar-refractivity contribution in [3.63, 3.8) is 0 Å². The number of carbonyl (C=O) groups excluding carboxylic acids is 2. The zero-order chi connectivity index (χ0) is 12.3. The first kappa shape index (κ1) is 16.4. The van der Waals surface area contributed by atoms with Crippen LogP contribution in [0.2, 0.25) is 0 Å². The van der Waals surface area contributed by atoms with Gasteiger partial charge < -0.3 is 15.8 Å². The second-order valence-electron chi connectivity index (χ2n) is 5.23. The van der Waals surface area contributed by atoms with Gasteiger partial charge in [-0.1, -0.05) is 20.8 Å². The number of hydrogen-bond acceptors (Lipinski definition) is 5. The quantitative estimate of drug-likeness (QED) is 0.564. The lowest BCUT2D eigenvalue weighted by Gasteiger charge is -2.24. The van der Waals surface area contributed by atoms with Gasteiger partial charge in [0.15, 0.2) is 0 Å². The van der Waals surface area contributed by atoms with E-state index in [1.54, 1.807) is 0 Å². The summed E-state index contributed by atoms with van der Waals surface area (Å²) in [6, 6.07) is -1.13. The van der Waals surface area contributed by atoms with Crippen molar-refractivity contribution in [2.45, 2.75) is 45.7 Å². The Labute approximate surface area is 108 Å². The first-order valence-electron chi connectivity index (χ1n) is 5.57. The van der Waals surface area contributed by atoms with Crippen LogP contribution in [0.1, 0.15) is 33.6 Å². The molecule has 17 heavy (non-hydrogen) atoms. The fourth-order valence-electron chi connectivity index (χ4n) is 1.47. The minimum Gasteiger partial charge on any atom is -0.391 e. The van der Waals surface area contributed by atoms with Crippen LogP contribution < -0.4 is 11.1 Å². The van der Waals surface area contributed by atoms with Gasteiger partial charge in [-0.2, -0.15) is 0 Å². The predicted molar refractivity (Wildman–Crippen MR) is 66.8 cm³/mol. The summed E-state index contributed by atoms with van der Waals surface area (Å²) in [4.78, 5) is 23.1. The van der Waals surface area contributed by atoms with E-state index < -0.39 is 23.4 Å². The Morgan fingerprint density at radius 3 is 2.41 bits per heavy atom. The van der Waals surface area contributed by atoms with Gasteiger partial charge in [0.05, 0.1) is 0 Å². The molecule has 0 aromatic carbocycles. The lowest BCUT2D eigenvalue weighted by molar-refractivity contribution is -0.163. The van der Waals surface area contributed by atoms with Crippen LogP contribution in [-0.4, -0.2) is 30.6 Å². The molecule has 1 aliphatic rings. The van der Waals surface area contributed by atoms with Gasteiger partial charge >= 0.3 is 11.9 Å². The molecule has 0 aromatic heterocycles. The highest BCUT2D eigenvalue weighted by atomic mass is 35.5. The topological polar surface area (TPSA) is 81.4 Å². The van der Waals surface area contributed by atoms with Crippen molar-refractivity contribution in [3.05, 3.63) is 0 Å². The second kappa shape index (κ2) is 6.33. The zero-order valence-corrected chi connectivity index (χ0v) is 11.3. The third kappa shape index (κ3) is 4.61. The minimum atomic E-state index is -0.780. The summed E-state index contributed by atoms with van der Waals surface area (Å²) in [6.45, 7) is 6.28. The fraction of sp³-hybridized carbons (Fsp3) is 0.818. The van der Waals surface area contributed by atoms with Gasteiger partial charge in [0.1, 0.15) is 12.1 Å². The molecule has 1 rings (SSSR count). The predicted octanol–water partition coefficient (Wildman–Crippen LogP) is 0.603. The van der Waals surface area contributed by atoms with Crippen LogP contribution in [0.15, 0.2) is 0 Å². The number of esters is 2. The summed E-state index contributed by atoms with van der Waals surface area (Å²) >= 11 is 0. The SMILES string of the molecule is CC(C)(C)[C@H](N)C(=O)OC(=O)C1CCCN1.Cl. The average molecular weight is 265 g/mol. The van der Waals surface area contributed by atoms with Crippen molar-refractivity contribution in [2.75, 3.05) is 6.54 Å². The Kier molecular flexibility index (Phi) is 6.09. The fourth-order valence-corrected chi connectivity index (χ4v) is 1.47. The average Bonchev–Trinajstić information content (AvgIpc) is 2.67. The normalized spacial score (nSPS) is 21.5. The van der Waals surface area contributed by atoms with E-state index in [1.807, 2.05) is 20.8 Å². The summed E-state index contributed by atoms with van der Waals surface area (Å²) in [5, 5.41) is 2.97. The van der Waals surface area contributed by atoms with E-state index in [0.717, 1.165) is 19.4 Å². The van der Waals surface area contributed by atoms with Gasteiger partial charge in [-0.05, 0) is 24.8 Å². The molecule has 2 atom stereocenters. The van der Waals surface area contributed by atoms with Gasteiger partial charge in [-0.15, -0.1) is 12.4 Å². The van der Waals surface area contributed by atoms with Crippen LogP contribution in [0.5, 0.6) is 0 Å². The van der Waals surface area contributed by atoms with E-state index in [2.05, 4.69) is 5.32 Å². The molecule has 1 heterocycles. The van der Waals surface area contributed by atoms with Crippen molar-refractivity contribution in [3.8, 4) is 0 Å². The number of rotatable bonds is 2. The molecular formula is C11H21ClN2O3. The molecule has 1 unspecified atom stereocenters. The maximum Gasteiger partial charge on any atom is 0.331 e. The zero-order valence-electron chi connectivity index (χ0n) is 10.5. The van der Waals surface area contributed by atoms with Gasteiger partial charge in [0.25, 0.3) is 0 Å². The van der Waals surface area contributed by atoms with Crippen molar-refractivity contribution in [2.24, 2.45) is 11.1 Å². The van der Waals surface area contributed by atoms with E-state index >= 15 is 0 Å². The number of carbonyl (C=O) groups is 2. The first-order chi connectivity index (χ1) is 7.32. The van der Waals surface area contributed by atoms with E-state index in [9.17, 15) is 9.59 Å². The summed E-state index contributed by atoms with van der Waals surface area (Å²) in [6.07, 6.45) is 1.65. The Balaban J connectivity index is 0.00000256. The maximum atomic E-state index is 11.6. The molecule has 1 fully saturated rings. The molecule has 0 spiro atoms. The molecule has 0 radical (unpaired) electrons. The largest absolute Gasteiger partial charge is 0.391 e. The number of nitrogens with two attached hydrogens (primary N) is 1. The van der Waals surface area contributed by atoms with Gasteiger partial charge in [-0.3, -0.25) is 0 Å². The third-order valence-electron chi connectivity index (χ3n) is 2.73. The van der Waals surface area contributed by atoms with Crippen molar-refractivity contribution < 1.29 is 14.3 Å². The number of nitrogens with one attached hydrogen (secondary N) is 1. The van der Waals surface area contributed by atoms with E-state index in [4.69, 9.17) is 10.5 Å². The summed E-state index contributed by atoms with van der Waals surface area (Å²) in [5.41, 5.74) is 5.29. The number of ether oxygens (including phenoxy) is 1. The monoisotopic (exact) mass is 264 g/mol. The molecule has 0 aromatic rings. The van der Waals surface area contributed by atoms with Crippen LogP contribution in [0.4, 0.5) is 0 Å². The maximum absolute atomic E-state index is 11.6. The van der Waals surface area contributed by atoms with Crippen LogP contribution in [0.25, 0.3) is 0 Å². The van der Waals surface area contributed by atoms with Gasteiger partial charge in [0.2, 0.25) is 0 Å². The first-order valence-corrected chi connectivity index (χ1v) is 5.57. The Bertz CT molecular complexity index is 283. The van der Waals surface area contributed by atoms with E-state index in [-0.39, 0.29) is 18.4 Å². The molecule has 0 aliphatic carbocycles. The molecule has 100 valence electrons. The van der Waals surface area contributed by atoms with E-state index in [1.165, 1.54) is 0 Å². The molecule has 1 saturated heterocycles. The van der Waals surface area contributed by atoms with Crippen LogP contribution in [0, 0.1) is 5.41 Å². The van der Waals surface area contributed by atoms with Crippen LogP contribution in [0.3, 0.4) is 0 Å². The second-order valence-corrected chi connectivity index (χ2v) is 5.23. The van der Waals surface area contributed by atoms with Crippen molar-refractivity contribution >= 4 is 24.3 Å². The highest BCUT2D eigenvalue weighted by Crippen LogP contribution is 2.18. The molecular weight excluding hydrogens is 244 g/mol. The molecule has 0 amide bonds. The number of halogens is 1. The van der Waals surface area contributed by atoms with E-state index in [0.29, 0.717) is 0 Å². The van der Waals surface area contributed by atoms with Crippen molar-refractivity contribution in [1.29, 1.82) is 0 Å². The Morgan fingerprint density at radius 2 is 2.00 bits per heavy atom.